The molecule has 3 aromatic heterocycles. The van der Waals surface area contributed by atoms with E-state index in [0.717, 1.165) is 40.9 Å². The zero-order valence-corrected chi connectivity index (χ0v) is 17.5. The van der Waals surface area contributed by atoms with Gasteiger partial charge in [0.15, 0.2) is 0 Å². The fraction of sp³-hybridized carbons (Fsp3) is 0.217. The first kappa shape index (κ1) is 19.7. The molecule has 8 heteroatoms. The summed E-state index contributed by atoms with van der Waals surface area (Å²) >= 11 is 6.02. The largest absolute Gasteiger partial charge is 0.508 e. The summed E-state index contributed by atoms with van der Waals surface area (Å²) < 4.78 is 6.98. The molecule has 1 aliphatic rings. The molecule has 5 rings (SSSR count). The fourth-order valence-electron chi connectivity index (χ4n) is 3.90. The van der Waals surface area contributed by atoms with Crippen molar-refractivity contribution in [1.29, 1.82) is 0 Å². The maximum absolute atomic E-state index is 12.8. The Balaban J connectivity index is 1.48. The Morgan fingerprint density at radius 2 is 2.00 bits per heavy atom. The van der Waals surface area contributed by atoms with Gasteiger partial charge in [-0.15, -0.1) is 0 Å². The highest BCUT2D eigenvalue weighted by Crippen LogP contribution is 2.30. The number of pyridine rings is 2. The minimum absolute atomic E-state index is 0.110. The molecule has 31 heavy (non-hydrogen) atoms. The van der Waals surface area contributed by atoms with Gasteiger partial charge in [-0.25, -0.2) is 4.98 Å². The highest BCUT2D eigenvalue weighted by Gasteiger charge is 2.15. The molecule has 0 amide bonds. The third-order valence-electron chi connectivity index (χ3n) is 5.58. The number of fused-ring (bicyclic) bond motifs is 1. The monoisotopic (exact) mass is 436 g/mol. The lowest BCUT2D eigenvalue weighted by Crippen LogP contribution is -2.36. The number of aromatic hydroxyl groups is 1. The van der Waals surface area contributed by atoms with Gasteiger partial charge >= 0.3 is 0 Å². The summed E-state index contributed by atoms with van der Waals surface area (Å²) in [5, 5.41) is 11.5. The predicted molar refractivity (Wildman–Crippen MR) is 121 cm³/mol. The molecule has 7 nitrogen and oxygen atoms in total. The Labute approximate surface area is 183 Å². The van der Waals surface area contributed by atoms with Crippen LogP contribution in [-0.2, 0) is 11.3 Å². The van der Waals surface area contributed by atoms with Crippen LogP contribution in [-0.4, -0.2) is 45.9 Å². The summed E-state index contributed by atoms with van der Waals surface area (Å²) in [5.74, 6) is 0.110. The zero-order valence-electron chi connectivity index (χ0n) is 16.7. The molecule has 0 spiro atoms. The number of ether oxygens (including phenoxy) is 1. The average Bonchev–Trinajstić information content (AvgIpc) is 3.21. The molecule has 4 heterocycles. The van der Waals surface area contributed by atoms with Crippen LogP contribution in [0.2, 0.25) is 5.02 Å². The van der Waals surface area contributed by atoms with Crippen LogP contribution in [0.15, 0.2) is 59.8 Å². The summed E-state index contributed by atoms with van der Waals surface area (Å²) in [7, 11) is 0. The van der Waals surface area contributed by atoms with Gasteiger partial charge in [-0.1, -0.05) is 11.6 Å². The lowest BCUT2D eigenvalue weighted by Gasteiger charge is -2.28. The van der Waals surface area contributed by atoms with Gasteiger partial charge in [0, 0.05) is 53.1 Å². The number of hydrogen-bond acceptors (Lipinski definition) is 5. The Bertz CT molecular complexity index is 1310. The van der Waals surface area contributed by atoms with Gasteiger partial charge in [0.1, 0.15) is 11.4 Å². The molecule has 1 saturated heterocycles. The number of phenols is 1. The van der Waals surface area contributed by atoms with E-state index in [0.29, 0.717) is 23.8 Å². The summed E-state index contributed by atoms with van der Waals surface area (Å²) in [6.07, 6.45) is 5.47. The first-order chi connectivity index (χ1) is 15.1. The van der Waals surface area contributed by atoms with E-state index in [-0.39, 0.29) is 17.9 Å². The summed E-state index contributed by atoms with van der Waals surface area (Å²) in [4.78, 5) is 22.8. The Morgan fingerprint density at radius 1 is 1.16 bits per heavy atom. The van der Waals surface area contributed by atoms with Crippen LogP contribution in [0.3, 0.4) is 0 Å². The van der Waals surface area contributed by atoms with Crippen molar-refractivity contribution in [3.8, 4) is 16.9 Å². The molecule has 158 valence electrons. The normalized spacial score (nSPS) is 14.3. The van der Waals surface area contributed by atoms with Crippen LogP contribution in [0.5, 0.6) is 5.75 Å². The average molecular weight is 437 g/mol. The predicted octanol–water partition coefficient (Wildman–Crippen LogP) is 3.64. The van der Waals surface area contributed by atoms with Crippen LogP contribution < -0.4 is 10.5 Å². The quantitative estimate of drug-likeness (QED) is 0.510. The smallest absolute Gasteiger partial charge is 0.251 e. The number of nitrogens with one attached hydrogen (secondary N) is 1. The first-order valence-corrected chi connectivity index (χ1v) is 10.4. The second-order valence-corrected chi connectivity index (χ2v) is 7.98. The third kappa shape index (κ3) is 3.89. The van der Waals surface area contributed by atoms with Crippen LogP contribution in [0.4, 0.5) is 5.69 Å². The van der Waals surface area contributed by atoms with E-state index in [4.69, 9.17) is 16.3 Å². The molecular formula is C23H21ClN4O3. The van der Waals surface area contributed by atoms with E-state index in [2.05, 4.69) is 20.9 Å². The molecule has 4 aromatic rings. The van der Waals surface area contributed by atoms with Crippen molar-refractivity contribution in [2.45, 2.75) is 6.54 Å². The number of rotatable bonds is 4. The number of benzene rings is 1. The number of aromatic nitrogens is 3. The van der Waals surface area contributed by atoms with E-state index < -0.39 is 0 Å². The zero-order chi connectivity index (χ0) is 21.4. The highest BCUT2D eigenvalue weighted by atomic mass is 35.5. The molecule has 2 N–H and O–H groups in total. The summed E-state index contributed by atoms with van der Waals surface area (Å²) in [6, 6.07) is 10.4. The van der Waals surface area contributed by atoms with Crippen molar-refractivity contribution in [1.82, 2.24) is 14.5 Å². The molecule has 1 fully saturated rings. The van der Waals surface area contributed by atoms with Crippen molar-refractivity contribution in [2.75, 3.05) is 31.2 Å². The fourth-order valence-corrected chi connectivity index (χ4v) is 4.09. The van der Waals surface area contributed by atoms with E-state index in [1.165, 1.54) is 6.07 Å². The second-order valence-electron chi connectivity index (χ2n) is 7.55. The maximum atomic E-state index is 12.8. The number of nitrogens with zero attached hydrogens (tertiary/aromatic N) is 3. The standard InChI is InChI=1S/C23H21ClN4O3/c24-17-1-2-21(29)16(9-17)14-28-4-3-15(10-22(28)30)20-13-26-23-19(20)11-18(12-25-23)27-5-7-31-8-6-27/h1-4,9-13,29H,5-8,14H2,(H,25,26). The van der Waals surface area contributed by atoms with Crippen LogP contribution in [0.25, 0.3) is 22.2 Å². The van der Waals surface area contributed by atoms with Gasteiger partial charge in [0.2, 0.25) is 0 Å². The topological polar surface area (TPSA) is 83.4 Å². The van der Waals surface area contributed by atoms with E-state index in [9.17, 15) is 9.90 Å². The van der Waals surface area contributed by atoms with Gasteiger partial charge in [0.25, 0.3) is 5.56 Å². The molecule has 0 saturated carbocycles. The molecule has 0 unspecified atom stereocenters. The number of halogens is 1. The Hall–Kier alpha value is -3.29. The minimum Gasteiger partial charge on any atom is -0.508 e. The number of hydrogen-bond donors (Lipinski definition) is 2. The van der Waals surface area contributed by atoms with E-state index in [1.54, 1.807) is 29.0 Å². The Morgan fingerprint density at radius 3 is 2.81 bits per heavy atom. The van der Waals surface area contributed by atoms with Crippen LogP contribution in [0.1, 0.15) is 5.56 Å². The minimum atomic E-state index is -0.163. The van der Waals surface area contributed by atoms with Crippen molar-refractivity contribution in [3.63, 3.8) is 0 Å². The van der Waals surface area contributed by atoms with Crippen molar-refractivity contribution >= 4 is 28.3 Å². The summed E-state index contributed by atoms with van der Waals surface area (Å²) in [5.41, 5.74) is 3.98. The molecule has 0 radical (unpaired) electrons. The van der Waals surface area contributed by atoms with E-state index in [1.807, 2.05) is 18.5 Å². The number of anilines is 1. The molecule has 0 atom stereocenters. The first-order valence-electron chi connectivity index (χ1n) is 10.1. The van der Waals surface area contributed by atoms with Gasteiger partial charge in [-0.05, 0) is 35.9 Å². The van der Waals surface area contributed by atoms with Crippen LogP contribution in [0, 0.1) is 0 Å². The number of morpholine rings is 1. The number of H-pyrrole nitrogens is 1. The SMILES string of the molecule is O=c1cc(-c2c[nH]c3ncc(N4CCOCC4)cc23)ccn1Cc1cc(Cl)ccc1O. The van der Waals surface area contributed by atoms with Crippen molar-refractivity contribution in [3.05, 3.63) is 75.9 Å². The number of phenolic OH excluding ortho intramolecular Hbond substituents is 1. The number of aromatic amines is 1. The lowest BCUT2D eigenvalue weighted by molar-refractivity contribution is 0.122. The molecule has 1 aliphatic heterocycles. The van der Waals surface area contributed by atoms with Gasteiger partial charge in [-0.3, -0.25) is 4.79 Å². The maximum Gasteiger partial charge on any atom is 0.251 e. The van der Waals surface area contributed by atoms with Crippen molar-refractivity contribution in [2.24, 2.45) is 0 Å². The second kappa shape index (κ2) is 8.09. The third-order valence-corrected chi connectivity index (χ3v) is 5.82. The highest BCUT2D eigenvalue weighted by molar-refractivity contribution is 6.30. The molecule has 0 bridgehead atoms. The Kier molecular flexibility index (Phi) is 5.13. The van der Waals surface area contributed by atoms with Gasteiger partial charge in [-0.2, -0.15) is 0 Å². The molecular weight excluding hydrogens is 416 g/mol. The molecule has 1 aromatic carbocycles. The van der Waals surface area contributed by atoms with Gasteiger partial charge < -0.3 is 24.3 Å². The lowest BCUT2D eigenvalue weighted by atomic mass is 10.1. The molecule has 0 aliphatic carbocycles. The van der Waals surface area contributed by atoms with E-state index >= 15 is 0 Å². The summed E-state index contributed by atoms with van der Waals surface area (Å²) in [6.45, 7) is 3.32. The van der Waals surface area contributed by atoms with Crippen molar-refractivity contribution < 1.29 is 9.84 Å². The van der Waals surface area contributed by atoms with Crippen LogP contribution >= 0.6 is 11.6 Å². The van der Waals surface area contributed by atoms with Gasteiger partial charge in [0.05, 0.1) is 31.6 Å².